The fourth-order valence-corrected chi connectivity index (χ4v) is 2.58. The Labute approximate surface area is 155 Å². The minimum Gasteiger partial charge on any atom is -0.457 e. The van der Waals surface area contributed by atoms with E-state index in [9.17, 15) is 0 Å². The van der Waals surface area contributed by atoms with Crippen LogP contribution in [-0.2, 0) is 0 Å². The number of hydrazone groups is 1. The molecule has 0 heterocycles. The van der Waals surface area contributed by atoms with Crippen molar-refractivity contribution in [2.45, 2.75) is 27.7 Å². The van der Waals surface area contributed by atoms with Crippen LogP contribution in [0.1, 0.15) is 27.8 Å². The lowest BCUT2D eigenvalue weighted by Gasteiger charge is -2.10. The van der Waals surface area contributed by atoms with Crippen LogP contribution in [0.4, 0.5) is 5.69 Å². The highest BCUT2D eigenvalue weighted by Crippen LogP contribution is 2.26. The van der Waals surface area contributed by atoms with Gasteiger partial charge in [0.1, 0.15) is 11.5 Å². The Bertz CT molecular complexity index is 927. The van der Waals surface area contributed by atoms with Gasteiger partial charge >= 0.3 is 0 Å². The van der Waals surface area contributed by atoms with Crippen molar-refractivity contribution in [3.05, 3.63) is 88.5 Å². The molecule has 1 N–H and O–H groups in total. The summed E-state index contributed by atoms with van der Waals surface area (Å²) in [7, 11) is 0. The molecule has 3 aromatic rings. The van der Waals surface area contributed by atoms with Crippen LogP contribution in [0.2, 0.25) is 0 Å². The van der Waals surface area contributed by atoms with Crippen LogP contribution in [0.25, 0.3) is 0 Å². The highest BCUT2D eigenvalue weighted by Gasteiger charge is 2.03. The number of nitrogens with one attached hydrogen (secondary N) is 1. The molecule has 26 heavy (non-hydrogen) atoms. The highest BCUT2D eigenvalue weighted by atomic mass is 16.5. The van der Waals surface area contributed by atoms with Crippen molar-refractivity contribution in [3.8, 4) is 11.5 Å². The average Bonchev–Trinajstić information content (AvgIpc) is 2.63. The number of nitrogens with zero attached hydrogens (tertiary/aromatic N) is 1. The predicted octanol–water partition coefficient (Wildman–Crippen LogP) is 6.16. The minimum atomic E-state index is 0.818. The van der Waals surface area contributed by atoms with Crippen molar-refractivity contribution >= 4 is 11.9 Å². The van der Waals surface area contributed by atoms with E-state index >= 15 is 0 Å². The SMILES string of the molecule is Cc1ccc(NN=Cc2ccc(Oc3cccc(C)c3C)cc2)cc1C. The van der Waals surface area contributed by atoms with Crippen molar-refractivity contribution in [3.63, 3.8) is 0 Å². The summed E-state index contributed by atoms with van der Waals surface area (Å²) in [5.41, 5.74) is 9.98. The number of hydrogen-bond donors (Lipinski definition) is 1. The first-order valence-corrected chi connectivity index (χ1v) is 8.73. The third kappa shape index (κ3) is 4.31. The minimum absolute atomic E-state index is 0.818. The molecule has 0 fully saturated rings. The van der Waals surface area contributed by atoms with Gasteiger partial charge in [0.2, 0.25) is 0 Å². The lowest BCUT2D eigenvalue weighted by molar-refractivity contribution is 0.478. The predicted molar refractivity (Wildman–Crippen MR) is 110 cm³/mol. The lowest BCUT2D eigenvalue weighted by atomic mass is 10.1. The summed E-state index contributed by atoms with van der Waals surface area (Å²) in [5.74, 6) is 1.71. The fourth-order valence-electron chi connectivity index (χ4n) is 2.58. The second-order valence-electron chi connectivity index (χ2n) is 6.54. The summed E-state index contributed by atoms with van der Waals surface area (Å²) in [6.45, 7) is 8.36. The first kappa shape index (κ1) is 17.7. The Balaban J connectivity index is 1.63. The molecule has 0 aliphatic carbocycles. The monoisotopic (exact) mass is 344 g/mol. The molecule has 3 aromatic carbocycles. The molecule has 0 amide bonds. The van der Waals surface area contributed by atoms with E-state index in [1.807, 2.05) is 42.5 Å². The molecule has 132 valence electrons. The van der Waals surface area contributed by atoms with Crippen LogP contribution >= 0.6 is 0 Å². The lowest BCUT2D eigenvalue weighted by Crippen LogP contribution is -1.93. The van der Waals surface area contributed by atoms with Crippen molar-refractivity contribution in [1.29, 1.82) is 0 Å². The molecule has 0 radical (unpaired) electrons. The molecule has 3 heteroatoms. The van der Waals surface area contributed by atoms with E-state index in [2.05, 4.69) is 56.4 Å². The summed E-state index contributed by atoms with van der Waals surface area (Å²) >= 11 is 0. The molecule has 0 saturated heterocycles. The van der Waals surface area contributed by atoms with Crippen LogP contribution in [0.15, 0.2) is 65.8 Å². The first-order valence-electron chi connectivity index (χ1n) is 8.73. The number of hydrogen-bond acceptors (Lipinski definition) is 3. The summed E-state index contributed by atoms with van der Waals surface area (Å²) in [6.07, 6.45) is 1.80. The first-order chi connectivity index (χ1) is 12.5. The van der Waals surface area contributed by atoms with Crippen LogP contribution in [0.5, 0.6) is 11.5 Å². The second kappa shape index (κ2) is 7.87. The molecular weight excluding hydrogens is 320 g/mol. The van der Waals surface area contributed by atoms with Crippen molar-refractivity contribution in [1.82, 2.24) is 0 Å². The molecule has 0 unspecified atom stereocenters. The van der Waals surface area contributed by atoms with Gasteiger partial charge in [-0.05, 0) is 98.0 Å². The molecular formula is C23H24N2O. The van der Waals surface area contributed by atoms with Gasteiger partial charge in [-0.25, -0.2) is 0 Å². The molecule has 0 spiro atoms. The number of anilines is 1. The largest absolute Gasteiger partial charge is 0.457 e. The quantitative estimate of drug-likeness (QED) is 0.444. The van der Waals surface area contributed by atoms with Gasteiger partial charge in [-0.3, -0.25) is 5.43 Å². The maximum absolute atomic E-state index is 5.98. The van der Waals surface area contributed by atoms with Crippen LogP contribution in [-0.4, -0.2) is 6.21 Å². The second-order valence-corrected chi connectivity index (χ2v) is 6.54. The zero-order valence-corrected chi connectivity index (χ0v) is 15.7. The number of aryl methyl sites for hydroxylation is 3. The van der Waals surface area contributed by atoms with Gasteiger partial charge in [0.05, 0.1) is 11.9 Å². The van der Waals surface area contributed by atoms with Crippen LogP contribution in [0.3, 0.4) is 0 Å². The number of ether oxygens (including phenoxy) is 1. The molecule has 0 aromatic heterocycles. The van der Waals surface area contributed by atoms with Gasteiger partial charge in [0.15, 0.2) is 0 Å². The Morgan fingerprint density at radius 2 is 1.58 bits per heavy atom. The summed E-state index contributed by atoms with van der Waals surface area (Å²) in [4.78, 5) is 0. The topological polar surface area (TPSA) is 33.6 Å². The smallest absolute Gasteiger partial charge is 0.130 e. The van der Waals surface area contributed by atoms with E-state index in [1.54, 1.807) is 6.21 Å². The van der Waals surface area contributed by atoms with E-state index in [0.717, 1.165) is 28.3 Å². The summed E-state index contributed by atoms with van der Waals surface area (Å²) < 4.78 is 5.98. The zero-order valence-electron chi connectivity index (χ0n) is 15.7. The Kier molecular flexibility index (Phi) is 5.37. The van der Waals surface area contributed by atoms with Crippen molar-refractivity contribution in [2.24, 2.45) is 5.10 Å². The highest BCUT2D eigenvalue weighted by molar-refractivity contribution is 5.80. The molecule has 0 aliphatic heterocycles. The normalized spacial score (nSPS) is 10.9. The van der Waals surface area contributed by atoms with E-state index in [0.29, 0.717) is 0 Å². The molecule has 0 aliphatic rings. The number of rotatable bonds is 5. The average molecular weight is 344 g/mol. The fraction of sp³-hybridized carbons (Fsp3) is 0.174. The van der Waals surface area contributed by atoms with Gasteiger partial charge in [0, 0.05) is 0 Å². The van der Waals surface area contributed by atoms with Gasteiger partial charge in [-0.2, -0.15) is 5.10 Å². The van der Waals surface area contributed by atoms with Crippen LogP contribution < -0.4 is 10.2 Å². The summed E-state index contributed by atoms with van der Waals surface area (Å²) in [6, 6.07) is 20.2. The van der Waals surface area contributed by atoms with E-state index in [4.69, 9.17) is 4.74 Å². The zero-order chi connectivity index (χ0) is 18.5. The molecule has 0 bridgehead atoms. The van der Waals surface area contributed by atoms with Gasteiger partial charge < -0.3 is 4.74 Å². The third-order valence-corrected chi connectivity index (χ3v) is 4.58. The maximum Gasteiger partial charge on any atom is 0.130 e. The Morgan fingerprint density at radius 3 is 2.31 bits per heavy atom. The molecule has 3 rings (SSSR count). The van der Waals surface area contributed by atoms with Crippen LogP contribution in [0, 0.1) is 27.7 Å². The Hall–Kier alpha value is -3.07. The van der Waals surface area contributed by atoms with Gasteiger partial charge in [-0.1, -0.05) is 18.2 Å². The maximum atomic E-state index is 5.98. The molecule has 3 nitrogen and oxygen atoms in total. The molecule has 0 atom stereocenters. The van der Waals surface area contributed by atoms with Crippen molar-refractivity contribution < 1.29 is 4.74 Å². The van der Waals surface area contributed by atoms with Crippen molar-refractivity contribution in [2.75, 3.05) is 5.43 Å². The standard InChI is InChI=1S/C23H24N2O/c1-16-8-11-21(14-18(16)3)25-24-15-20-9-12-22(13-10-20)26-23-7-5-6-17(2)19(23)4/h5-15,25H,1-4H3. The van der Waals surface area contributed by atoms with Gasteiger partial charge in [0.25, 0.3) is 0 Å². The Morgan fingerprint density at radius 1 is 0.808 bits per heavy atom. The van der Waals surface area contributed by atoms with E-state index < -0.39 is 0 Å². The number of benzene rings is 3. The summed E-state index contributed by atoms with van der Waals surface area (Å²) in [5, 5.41) is 4.31. The third-order valence-electron chi connectivity index (χ3n) is 4.58. The van der Waals surface area contributed by atoms with Gasteiger partial charge in [-0.15, -0.1) is 0 Å². The molecule has 0 saturated carbocycles. The van der Waals surface area contributed by atoms with E-state index in [-0.39, 0.29) is 0 Å². The van der Waals surface area contributed by atoms with E-state index in [1.165, 1.54) is 16.7 Å².